The van der Waals surface area contributed by atoms with Crippen LogP contribution in [0.25, 0.3) is 10.8 Å². The normalized spacial score (nSPS) is 11.5. The Labute approximate surface area is 145 Å². The quantitative estimate of drug-likeness (QED) is 0.550. The Morgan fingerprint density at radius 3 is 2.83 bits per heavy atom. The zero-order chi connectivity index (χ0) is 16.8. The molecule has 2 N–H and O–H groups in total. The summed E-state index contributed by atoms with van der Waals surface area (Å²) >= 11 is 1.61. The lowest BCUT2D eigenvalue weighted by Gasteiger charge is -2.11. The molecule has 0 radical (unpaired) electrons. The van der Waals surface area contributed by atoms with Gasteiger partial charge in [-0.05, 0) is 23.9 Å². The van der Waals surface area contributed by atoms with Gasteiger partial charge in [0.15, 0.2) is 5.96 Å². The van der Waals surface area contributed by atoms with Crippen LogP contribution >= 0.6 is 11.3 Å². The molecule has 6 heteroatoms. The van der Waals surface area contributed by atoms with E-state index in [1.807, 2.05) is 17.5 Å². The number of hydrogen-bond acceptors (Lipinski definition) is 4. The lowest BCUT2D eigenvalue weighted by Crippen LogP contribution is -2.36. The number of aryl methyl sites for hydroxylation is 1. The third kappa shape index (κ3) is 4.23. The van der Waals surface area contributed by atoms with Crippen molar-refractivity contribution in [1.82, 2.24) is 15.6 Å². The number of thiophene rings is 1. The number of hydrogen-bond donors (Lipinski definition) is 2. The topological polar surface area (TPSA) is 62.5 Å². The van der Waals surface area contributed by atoms with E-state index in [-0.39, 0.29) is 0 Å². The number of guanidine groups is 1. The van der Waals surface area contributed by atoms with Crippen molar-refractivity contribution in [2.24, 2.45) is 4.99 Å². The fourth-order valence-electron chi connectivity index (χ4n) is 2.30. The molecule has 124 valence electrons. The summed E-state index contributed by atoms with van der Waals surface area (Å²) in [5.74, 6) is 1.39. The van der Waals surface area contributed by atoms with Gasteiger partial charge >= 0.3 is 0 Å². The van der Waals surface area contributed by atoms with E-state index in [1.165, 1.54) is 11.1 Å². The van der Waals surface area contributed by atoms with E-state index in [0.717, 1.165) is 23.1 Å². The SMILES string of the molecule is CN=C(NCc1cccc(C)c1)NCc1coc(-c2cccs2)n1. The zero-order valence-electron chi connectivity index (χ0n) is 13.7. The number of aliphatic imine (C=N–C) groups is 1. The van der Waals surface area contributed by atoms with Crippen molar-refractivity contribution in [3.63, 3.8) is 0 Å². The molecule has 1 aromatic carbocycles. The van der Waals surface area contributed by atoms with E-state index in [4.69, 9.17) is 4.42 Å². The van der Waals surface area contributed by atoms with Gasteiger partial charge in [-0.1, -0.05) is 35.9 Å². The Morgan fingerprint density at radius 2 is 2.08 bits per heavy atom. The van der Waals surface area contributed by atoms with Crippen LogP contribution in [0.4, 0.5) is 0 Å². The van der Waals surface area contributed by atoms with Crippen molar-refractivity contribution in [1.29, 1.82) is 0 Å². The number of nitrogens with one attached hydrogen (secondary N) is 2. The van der Waals surface area contributed by atoms with Gasteiger partial charge in [0.25, 0.3) is 0 Å². The molecule has 5 nitrogen and oxygen atoms in total. The first kappa shape index (κ1) is 16.3. The van der Waals surface area contributed by atoms with Crippen LogP contribution in [0.2, 0.25) is 0 Å². The summed E-state index contributed by atoms with van der Waals surface area (Å²) in [7, 11) is 1.76. The number of oxazole rings is 1. The Kier molecular flexibility index (Phi) is 5.28. The van der Waals surface area contributed by atoms with Crippen LogP contribution in [0.1, 0.15) is 16.8 Å². The first-order valence-corrected chi connectivity index (χ1v) is 8.61. The minimum atomic E-state index is 0.558. The molecule has 2 heterocycles. The molecule has 0 spiro atoms. The number of aromatic nitrogens is 1. The zero-order valence-corrected chi connectivity index (χ0v) is 14.6. The van der Waals surface area contributed by atoms with Crippen LogP contribution in [0.3, 0.4) is 0 Å². The Morgan fingerprint density at radius 1 is 1.21 bits per heavy atom. The van der Waals surface area contributed by atoms with Crippen molar-refractivity contribution in [3.8, 4) is 10.8 Å². The maximum Gasteiger partial charge on any atom is 0.236 e. The lowest BCUT2D eigenvalue weighted by atomic mass is 10.1. The third-order valence-corrected chi connectivity index (χ3v) is 4.34. The molecule has 3 rings (SSSR count). The number of nitrogens with zero attached hydrogens (tertiary/aromatic N) is 2. The molecule has 0 saturated heterocycles. The highest BCUT2D eigenvalue weighted by atomic mass is 32.1. The lowest BCUT2D eigenvalue weighted by molar-refractivity contribution is 0.573. The molecule has 3 aromatic rings. The van der Waals surface area contributed by atoms with Crippen LogP contribution in [0.15, 0.2) is 57.5 Å². The number of rotatable bonds is 5. The van der Waals surface area contributed by atoms with E-state index in [9.17, 15) is 0 Å². The van der Waals surface area contributed by atoms with Gasteiger partial charge < -0.3 is 15.1 Å². The van der Waals surface area contributed by atoms with Crippen LogP contribution in [0, 0.1) is 6.92 Å². The highest BCUT2D eigenvalue weighted by Gasteiger charge is 2.08. The Balaban J connectivity index is 1.53. The molecule has 0 aliphatic rings. The molecule has 0 aliphatic heterocycles. The minimum Gasteiger partial charge on any atom is -0.443 e. The molecule has 0 aliphatic carbocycles. The molecular formula is C18H20N4OS. The van der Waals surface area contributed by atoms with Crippen LogP contribution < -0.4 is 10.6 Å². The van der Waals surface area contributed by atoms with Gasteiger partial charge in [-0.15, -0.1) is 11.3 Å². The molecule has 0 saturated carbocycles. The second-order valence-corrected chi connectivity index (χ2v) is 6.34. The van der Waals surface area contributed by atoms with Crippen LogP contribution in [-0.4, -0.2) is 18.0 Å². The Bertz CT molecular complexity index is 808. The maximum absolute atomic E-state index is 5.52. The summed E-state index contributed by atoms with van der Waals surface area (Å²) in [6, 6.07) is 12.4. The van der Waals surface area contributed by atoms with Gasteiger partial charge in [-0.25, -0.2) is 4.98 Å². The van der Waals surface area contributed by atoms with Crippen molar-refractivity contribution < 1.29 is 4.42 Å². The van der Waals surface area contributed by atoms with Gasteiger partial charge in [0.1, 0.15) is 6.26 Å². The van der Waals surface area contributed by atoms with Gasteiger partial charge in [-0.3, -0.25) is 4.99 Å². The average Bonchev–Trinajstić information content (AvgIpc) is 3.26. The molecular weight excluding hydrogens is 320 g/mol. The Hall–Kier alpha value is -2.60. The molecule has 0 bridgehead atoms. The summed E-state index contributed by atoms with van der Waals surface area (Å²) in [4.78, 5) is 9.75. The monoisotopic (exact) mass is 340 g/mol. The third-order valence-electron chi connectivity index (χ3n) is 3.49. The first-order valence-electron chi connectivity index (χ1n) is 7.73. The summed E-state index contributed by atoms with van der Waals surface area (Å²) in [5.41, 5.74) is 3.32. The maximum atomic E-state index is 5.52. The molecule has 24 heavy (non-hydrogen) atoms. The second kappa shape index (κ2) is 7.79. The molecule has 0 unspecified atom stereocenters. The standard InChI is InChI=1S/C18H20N4OS/c1-13-5-3-6-14(9-13)10-20-18(19-2)21-11-15-12-23-17(22-15)16-7-4-8-24-16/h3-9,12H,10-11H2,1-2H3,(H2,19,20,21). The predicted octanol–water partition coefficient (Wildman–Crippen LogP) is 3.58. The van der Waals surface area contributed by atoms with Crippen LogP contribution in [-0.2, 0) is 13.1 Å². The summed E-state index contributed by atoms with van der Waals surface area (Å²) in [6.07, 6.45) is 1.68. The van der Waals surface area contributed by atoms with E-state index >= 15 is 0 Å². The van der Waals surface area contributed by atoms with Crippen molar-refractivity contribution in [3.05, 3.63) is 64.9 Å². The average molecular weight is 340 g/mol. The molecule has 0 fully saturated rings. The summed E-state index contributed by atoms with van der Waals surface area (Å²) in [5, 5.41) is 8.56. The van der Waals surface area contributed by atoms with Crippen molar-refractivity contribution in [2.45, 2.75) is 20.0 Å². The van der Waals surface area contributed by atoms with Gasteiger partial charge in [0.05, 0.1) is 17.1 Å². The highest BCUT2D eigenvalue weighted by Crippen LogP contribution is 2.23. The number of benzene rings is 1. The van der Waals surface area contributed by atoms with Gasteiger partial charge in [-0.2, -0.15) is 0 Å². The molecule has 0 amide bonds. The summed E-state index contributed by atoms with van der Waals surface area (Å²) in [6.45, 7) is 3.37. The summed E-state index contributed by atoms with van der Waals surface area (Å²) < 4.78 is 5.52. The fourth-order valence-corrected chi connectivity index (χ4v) is 2.96. The predicted molar refractivity (Wildman–Crippen MR) is 98.0 cm³/mol. The van der Waals surface area contributed by atoms with Gasteiger partial charge in [0.2, 0.25) is 5.89 Å². The van der Waals surface area contributed by atoms with Crippen molar-refractivity contribution >= 4 is 17.3 Å². The van der Waals surface area contributed by atoms with E-state index in [2.05, 4.69) is 51.8 Å². The second-order valence-electron chi connectivity index (χ2n) is 5.39. The van der Waals surface area contributed by atoms with Gasteiger partial charge in [0, 0.05) is 13.6 Å². The minimum absolute atomic E-state index is 0.558. The fraction of sp³-hybridized carbons (Fsp3) is 0.222. The highest BCUT2D eigenvalue weighted by molar-refractivity contribution is 7.13. The smallest absolute Gasteiger partial charge is 0.236 e. The van der Waals surface area contributed by atoms with E-state index < -0.39 is 0 Å². The largest absolute Gasteiger partial charge is 0.443 e. The molecule has 0 atom stereocenters. The molecule has 2 aromatic heterocycles. The van der Waals surface area contributed by atoms with E-state index in [0.29, 0.717) is 12.4 Å². The first-order chi connectivity index (χ1) is 11.7. The van der Waals surface area contributed by atoms with Crippen molar-refractivity contribution in [2.75, 3.05) is 7.05 Å². The van der Waals surface area contributed by atoms with E-state index in [1.54, 1.807) is 24.6 Å². The van der Waals surface area contributed by atoms with Crippen LogP contribution in [0.5, 0.6) is 0 Å².